The number of rotatable bonds is 5. The second-order valence-corrected chi connectivity index (χ2v) is 7.09. The molecule has 2 heterocycles. The molecule has 1 aromatic rings. The molecule has 9 heteroatoms. The van der Waals surface area contributed by atoms with Crippen LogP contribution in [0.4, 0.5) is 0 Å². The van der Waals surface area contributed by atoms with E-state index in [4.69, 9.17) is 9.47 Å². The van der Waals surface area contributed by atoms with E-state index in [1.165, 1.54) is 29.8 Å². The first kappa shape index (κ1) is 15.9. The molecule has 1 fully saturated rings. The number of hydrogen-bond acceptors (Lipinski definition) is 6. The number of nitrogens with zero attached hydrogens (tertiary/aromatic N) is 4. The van der Waals surface area contributed by atoms with Crippen LogP contribution in [0.15, 0.2) is 12.1 Å². The van der Waals surface area contributed by atoms with Crippen LogP contribution in [-0.2, 0) is 10.2 Å². The topological polar surface area (TPSA) is 84.9 Å². The Labute approximate surface area is 124 Å². The molecule has 1 aromatic heterocycles. The number of piperidine rings is 1. The first-order chi connectivity index (χ1) is 9.93. The molecule has 0 bridgehead atoms. The standard InChI is InChI=1S/C12H20N4O4S/c1-15(2)21(17,18)16-8-4-5-10(9-16)20-12-7-6-11(19-3)13-14-12/h6-7,10H,4-5,8-9H2,1-3H3. The minimum absolute atomic E-state index is 0.226. The van der Waals surface area contributed by atoms with Crippen molar-refractivity contribution in [2.45, 2.75) is 18.9 Å². The predicted molar refractivity (Wildman–Crippen MR) is 76.4 cm³/mol. The molecule has 1 aliphatic rings. The highest BCUT2D eigenvalue weighted by atomic mass is 32.2. The molecular weight excluding hydrogens is 296 g/mol. The summed E-state index contributed by atoms with van der Waals surface area (Å²) in [6.45, 7) is 0.822. The third kappa shape index (κ3) is 3.80. The van der Waals surface area contributed by atoms with Crippen molar-refractivity contribution in [2.75, 3.05) is 34.3 Å². The van der Waals surface area contributed by atoms with E-state index in [1.54, 1.807) is 12.1 Å². The molecule has 0 radical (unpaired) electrons. The van der Waals surface area contributed by atoms with Gasteiger partial charge in [0.1, 0.15) is 6.10 Å². The normalized spacial score (nSPS) is 20.5. The van der Waals surface area contributed by atoms with Crippen molar-refractivity contribution >= 4 is 10.2 Å². The van der Waals surface area contributed by atoms with Crippen molar-refractivity contribution in [2.24, 2.45) is 0 Å². The van der Waals surface area contributed by atoms with Gasteiger partial charge in [-0.15, -0.1) is 10.2 Å². The van der Waals surface area contributed by atoms with E-state index in [2.05, 4.69) is 10.2 Å². The van der Waals surface area contributed by atoms with Crippen LogP contribution in [0.5, 0.6) is 11.8 Å². The van der Waals surface area contributed by atoms with Gasteiger partial charge in [0, 0.05) is 32.8 Å². The summed E-state index contributed by atoms with van der Waals surface area (Å²) in [7, 11) is 1.15. The lowest BCUT2D eigenvalue weighted by Gasteiger charge is -2.33. The quantitative estimate of drug-likeness (QED) is 0.768. The molecule has 1 unspecified atom stereocenters. The summed E-state index contributed by atoms with van der Waals surface area (Å²) in [5, 5.41) is 7.71. The average molecular weight is 316 g/mol. The molecule has 8 nitrogen and oxygen atoms in total. The molecule has 0 saturated carbocycles. The summed E-state index contributed by atoms with van der Waals surface area (Å²) in [6.07, 6.45) is 1.31. The van der Waals surface area contributed by atoms with Crippen molar-refractivity contribution in [3.05, 3.63) is 12.1 Å². The van der Waals surface area contributed by atoms with Gasteiger partial charge in [-0.3, -0.25) is 0 Å². The molecule has 21 heavy (non-hydrogen) atoms. The molecule has 0 spiro atoms. The Hall–Kier alpha value is -1.45. The largest absolute Gasteiger partial charge is 0.480 e. The summed E-state index contributed by atoms with van der Waals surface area (Å²) in [6, 6.07) is 3.31. The molecule has 1 saturated heterocycles. The van der Waals surface area contributed by atoms with E-state index in [0.717, 1.165) is 12.8 Å². The van der Waals surface area contributed by atoms with Gasteiger partial charge in [-0.2, -0.15) is 17.0 Å². The van der Waals surface area contributed by atoms with Crippen molar-refractivity contribution in [1.29, 1.82) is 0 Å². The first-order valence-corrected chi connectivity index (χ1v) is 8.05. The van der Waals surface area contributed by atoms with E-state index in [-0.39, 0.29) is 6.10 Å². The lowest BCUT2D eigenvalue weighted by atomic mass is 10.1. The van der Waals surface area contributed by atoms with Gasteiger partial charge >= 0.3 is 0 Å². The predicted octanol–water partition coefficient (Wildman–Crippen LogP) is 0.135. The van der Waals surface area contributed by atoms with Crippen LogP contribution in [0, 0.1) is 0 Å². The van der Waals surface area contributed by atoms with E-state index >= 15 is 0 Å². The molecule has 1 aliphatic heterocycles. The van der Waals surface area contributed by atoms with Gasteiger partial charge in [0.25, 0.3) is 10.2 Å². The lowest BCUT2D eigenvalue weighted by molar-refractivity contribution is 0.120. The Morgan fingerprint density at radius 3 is 2.52 bits per heavy atom. The number of ether oxygens (including phenoxy) is 2. The highest BCUT2D eigenvalue weighted by Gasteiger charge is 2.31. The van der Waals surface area contributed by atoms with Gasteiger partial charge in [0.05, 0.1) is 13.7 Å². The highest BCUT2D eigenvalue weighted by Crippen LogP contribution is 2.20. The lowest BCUT2D eigenvalue weighted by Crippen LogP contribution is -2.48. The van der Waals surface area contributed by atoms with Crippen LogP contribution in [-0.4, -0.2) is 67.6 Å². The smallest absolute Gasteiger partial charge is 0.281 e. The van der Waals surface area contributed by atoms with Gasteiger partial charge < -0.3 is 9.47 Å². The van der Waals surface area contributed by atoms with Crippen LogP contribution in [0.2, 0.25) is 0 Å². The Balaban J connectivity index is 2.01. The van der Waals surface area contributed by atoms with E-state index in [1.807, 2.05) is 0 Å². The van der Waals surface area contributed by atoms with Gasteiger partial charge in [-0.25, -0.2) is 0 Å². The van der Waals surface area contributed by atoms with Gasteiger partial charge in [0.15, 0.2) is 0 Å². The summed E-state index contributed by atoms with van der Waals surface area (Å²) < 4.78 is 37.5. The zero-order valence-corrected chi connectivity index (χ0v) is 13.2. The third-order valence-electron chi connectivity index (χ3n) is 3.24. The van der Waals surface area contributed by atoms with Gasteiger partial charge in [-0.1, -0.05) is 0 Å². The molecule has 0 N–H and O–H groups in total. The minimum atomic E-state index is -3.41. The maximum absolute atomic E-state index is 12.1. The summed E-state index contributed by atoms with van der Waals surface area (Å²) in [5.74, 6) is 0.771. The monoisotopic (exact) mass is 316 g/mol. The van der Waals surface area contributed by atoms with Crippen LogP contribution in [0.3, 0.4) is 0 Å². The van der Waals surface area contributed by atoms with E-state index in [9.17, 15) is 8.42 Å². The van der Waals surface area contributed by atoms with Crippen molar-refractivity contribution in [3.8, 4) is 11.8 Å². The fraction of sp³-hybridized carbons (Fsp3) is 0.667. The maximum Gasteiger partial charge on any atom is 0.281 e. The average Bonchev–Trinajstić information content (AvgIpc) is 2.48. The summed E-state index contributed by atoms with van der Waals surface area (Å²) in [4.78, 5) is 0. The fourth-order valence-electron chi connectivity index (χ4n) is 2.09. The summed E-state index contributed by atoms with van der Waals surface area (Å²) in [5.41, 5.74) is 0. The SMILES string of the molecule is COc1ccc(OC2CCCN(S(=O)(=O)N(C)C)C2)nn1. The molecule has 0 amide bonds. The minimum Gasteiger partial charge on any atom is -0.480 e. The van der Waals surface area contributed by atoms with Crippen LogP contribution >= 0.6 is 0 Å². The van der Waals surface area contributed by atoms with Crippen molar-refractivity contribution < 1.29 is 17.9 Å². The Bertz CT molecular complexity index is 561. The molecule has 2 rings (SSSR count). The molecule has 0 aliphatic carbocycles. The number of hydrogen-bond donors (Lipinski definition) is 0. The second-order valence-electron chi connectivity index (χ2n) is 4.94. The Morgan fingerprint density at radius 1 is 1.29 bits per heavy atom. The zero-order chi connectivity index (χ0) is 15.5. The Kier molecular flexibility index (Phi) is 4.96. The number of methoxy groups -OCH3 is 1. The fourth-order valence-corrected chi connectivity index (χ4v) is 3.27. The first-order valence-electron chi connectivity index (χ1n) is 6.65. The van der Waals surface area contributed by atoms with E-state index in [0.29, 0.717) is 24.8 Å². The molecule has 118 valence electrons. The molecule has 1 atom stereocenters. The maximum atomic E-state index is 12.1. The molecular formula is C12H20N4O4S. The highest BCUT2D eigenvalue weighted by molar-refractivity contribution is 7.86. The van der Waals surface area contributed by atoms with Crippen molar-refractivity contribution in [3.63, 3.8) is 0 Å². The second kappa shape index (κ2) is 6.54. The number of aromatic nitrogens is 2. The van der Waals surface area contributed by atoms with Crippen molar-refractivity contribution in [1.82, 2.24) is 18.8 Å². The third-order valence-corrected chi connectivity index (χ3v) is 5.15. The Morgan fingerprint density at radius 2 is 1.95 bits per heavy atom. The zero-order valence-electron chi connectivity index (χ0n) is 12.4. The summed E-state index contributed by atoms with van der Waals surface area (Å²) >= 11 is 0. The van der Waals surface area contributed by atoms with E-state index < -0.39 is 10.2 Å². The van der Waals surface area contributed by atoms with Crippen LogP contribution in [0.1, 0.15) is 12.8 Å². The van der Waals surface area contributed by atoms with Crippen LogP contribution < -0.4 is 9.47 Å². The van der Waals surface area contributed by atoms with Gasteiger partial charge in [0.2, 0.25) is 11.8 Å². The van der Waals surface area contributed by atoms with Gasteiger partial charge in [-0.05, 0) is 12.8 Å². The van der Waals surface area contributed by atoms with Crippen LogP contribution in [0.25, 0.3) is 0 Å². The molecule has 0 aromatic carbocycles.